The quantitative estimate of drug-likeness (QED) is 0.179. The predicted octanol–water partition coefficient (Wildman–Crippen LogP) is 2.77. The fourth-order valence-electron chi connectivity index (χ4n) is 7.78. The maximum Gasteiger partial charge on any atom is 0.410 e. The minimum absolute atomic E-state index is 0.0335. The molecule has 6 amide bonds. The van der Waals surface area contributed by atoms with Gasteiger partial charge in [0.05, 0.1) is 24.9 Å². The van der Waals surface area contributed by atoms with E-state index >= 15 is 0 Å². The van der Waals surface area contributed by atoms with Crippen LogP contribution in [0, 0.1) is 11.7 Å². The van der Waals surface area contributed by atoms with Crippen LogP contribution in [0.4, 0.5) is 14.0 Å². The Balaban J connectivity index is 1.30. The molecule has 16 nitrogen and oxygen atoms in total. The first-order valence-electron chi connectivity index (χ1n) is 19.6. The number of unbranched alkanes of at least 4 members (excludes halogenated alkanes) is 1. The molecule has 57 heavy (non-hydrogen) atoms. The minimum Gasteiger partial charge on any atom is -0.450 e. The molecule has 6 rings (SSSR count). The van der Waals surface area contributed by atoms with Crippen LogP contribution in [0.15, 0.2) is 43.0 Å². The number of ether oxygens (including phenoxy) is 2. The molecule has 3 heterocycles. The fourth-order valence-corrected chi connectivity index (χ4v) is 9.15. The smallest absolute Gasteiger partial charge is 0.410 e. The van der Waals surface area contributed by atoms with Gasteiger partial charge in [-0.1, -0.05) is 44.2 Å². The lowest BCUT2D eigenvalue weighted by atomic mass is 9.99. The zero-order valence-corrected chi connectivity index (χ0v) is 33.1. The van der Waals surface area contributed by atoms with Crippen molar-refractivity contribution < 1.29 is 51.0 Å². The molecule has 1 saturated heterocycles. The highest BCUT2D eigenvalue weighted by atomic mass is 32.2. The second-order valence-corrected chi connectivity index (χ2v) is 17.5. The van der Waals surface area contributed by atoms with Crippen molar-refractivity contribution >= 4 is 45.8 Å². The van der Waals surface area contributed by atoms with Crippen LogP contribution in [-0.4, -0.2) is 114 Å². The van der Waals surface area contributed by atoms with Crippen molar-refractivity contribution in [3.8, 4) is 0 Å². The molecule has 310 valence electrons. The molecule has 3 fully saturated rings. The third kappa shape index (κ3) is 9.42. The summed E-state index contributed by atoms with van der Waals surface area (Å²) >= 11 is 0. The Kier molecular flexibility index (Phi) is 12.6. The van der Waals surface area contributed by atoms with Gasteiger partial charge >= 0.3 is 12.2 Å². The lowest BCUT2D eigenvalue weighted by Crippen LogP contribution is -2.58. The number of fused-ring (bicyclic) bond motifs is 3. The van der Waals surface area contributed by atoms with E-state index in [9.17, 15) is 41.6 Å². The fraction of sp³-hybridized carbons (Fsp3) is 0.590. The molecule has 0 aromatic heterocycles. The molecule has 3 aliphatic heterocycles. The zero-order valence-electron chi connectivity index (χ0n) is 32.2. The molecular formula is C39H51FN6O10S. The number of benzene rings is 1. The van der Waals surface area contributed by atoms with Crippen molar-refractivity contribution in [3.63, 3.8) is 0 Å². The average molecular weight is 815 g/mol. The maximum absolute atomic E-state index is 14.6. The van der Waals surface area contributed by atoms with Crippen LogP contribution in [0.25, 0.3) is 0 Å². The SMILES string of the molecule is C=CC(=O)N(C)C1CC/C=C\[C@@H]2C[C@]2(C(=O)NS(=O)(=O)C2CC2)NC(=O)[C@@H]2C[C@@H](OC(=O)N3Cc4cccc(F)c4C3)CN2C(=O)[C@@H](NC(=O)OCCCC)CC1. The summed E-state index contributed by atoms with van der Waals surface area (Å²) in [5.74, 6) is -3.76. The van der Waals surface area contributed by atoms with E-state index in [0.29, 0.717) is 43.2 Å². The number of carbonyl (C=O) groups is 6. The molecule has 1 aromatic rings. The number of sulfonamides is 1. The summed E-state index contributed by atoms with van der Waals surface area (Å²) in [6, 6.07) is 1.57. The van der Waals surface area contributed by atoms with Gasteiger partial charge in [0.25, 0.3) is 5.91 Å². The van der Waals surface area contributed by atoms with Crippen molar-refractivity contribution in [2.45, 2.75) is 119 Å². The number of nitrogens with one attached hydrogen (secondary N) is 3. The molecular weight excluding hydrogens is 764 g/mol. The van der Waals surface area contributed by atoms with Gasteiger partial charge < -0.3 is 29.9 Å². The Morgan fingerprint density at radius 2 is 1.89 bits per heavy atom. The van der Waals surface area contributed by atoms with E-state index < -0.39 is 86.7 Å². The highest BCUT2D eigenvalue weighted by Crippen LogP contribution is 2.46. The highest BCUT2D eigenvalue weighted by molar-refractivity contribution is 7.91. The Morgan fingerprint density at radius 3 is 2.60 bits per heavy atom. The van der Waals surface area contributed by atoms with Crippen molar-refractivity contribution in [1.82, 2.24) is 30.1 Å². The van der Waals surface area contributed by atoms with E-state index in [1.54, 1.807) is 25.3 Å². The Labute approximate surface area is 331 Å². The Hall–Kier alpha value is -5.00. The van der Waals surface area contributed by atoms with Crippen molar-refractivity contribution in [2.24, 2.45) is 5.92 Å². The van der Waals surface area contributed by atoms with Crippen LogP contribution in [0.1, 0.15) is 82.3 Å². The lowest BCUT2D eigenvalue weighted by Gasteiger charge is -2.31. The first-order chi connectivity index (χ1) is 27.2. The summed E-state index contributed by atoms with van der Waals surface area (Å²) in [4.78, 5) is 86.0. The van der Waals surface area contributed by atoms with E-state index in [-0.39, 0.29) is 57.8 Å². The maximum atomic E-state index is 14.6. The molecule has 2 aliphatic carbocycles. The molecule has 1 aromatic carbocycles. The number of rotatable bonds is 10. The van der Waals surface area contributed by atoms with E-state index in [2.05, 4.69) is 21.9 Å². The standard InChI is InChI=1S/C39H51FN6O10S/c1-4-6-18-55-37(51)41-31-17-14-26(44(3)33(47)5-2)12-8-7-11-25-20-39(25,36(50)43-57(53,54)28-15-16-28)42-34(48)32-19-27(22-46(32)35(31)49)56-38(52)45-21-24-10-9-13-30(40)29(24)23-45/h5,7,9-11,13,25-28,31-32H,2,4,6,8,12,14-23H2,1,3H3,(H,41,51)(H,42,48)(H,43,50)/b11-7-/t25-,26?,27-,31+,32+,39+/m1/s1. The van der Waals surface area contributed by atoms with Crippen LogP contribution in [0.2, 0.25) is 0 Å². The summed E-state index contributed by atoms with van der Waals surface area (Å²) in [6.45, 7) is 5.41. The topological polar surface area (TPSA) is 201 Å². The summed E-state index contributed by atoms with van der Waals surface area (Å²) < 4.78 is 53.6. The summed E-state index contributed by atoms with van der Waals surface area (Å²) in [5, 5.41) is 4.71. The van der Waals surface area contributed by atoms with Crippen LogP contribution in [0.5, 0.6) is 0 Å². The van der Waals surface area contributed by atoms with Crippen molar-refractivity contribution in [3.05, 3.63) is 60.0 Å². The number of halogens is 1. The van der Waals surface area contributed by atoms with E-state index in [1.807, 2.05) is 13.0 Å². The van der Waals surface area contributed by atoms with E-state index in [4.69, 9.17) is 9.47 Å². The van der Waals surface area contributed by atoms with Gasteiger partial charge in [-0.05, 0) is 69.1 Å². The monoisotopic (exact) mass is 814 g/mol. The largest absolute Gasteiger partial charge is 0.450 e. The molecule has 3 N–H and O–H groups in total. The zero-order chi connectivity index (χ0) is 41.1. The van der Waals surface area contributed by atoms with Gasteiger partial charge in [-0.15, -0.1) is 0 Å². The van der Waals surface area contributed by atoms with Crippen LogP contribution >= 0.6 is 0 Å². The molecule has 0 spiro atoms. The number of nitrogens with zero attached hydrogens (tertiary/aromatic N) is 3. The predicted molar refractivity (Wildman–Crippen MR) is 203 cm³/mol. The van der Waals surface area contributed by atoms with Crippen LogP contribution in [0.3, 0.4) is 0 Å². The molecule has 2 saturated carbocycles. The normalized spacial score (nSPS) is 27.9. The van der Waals surface area contributed by atoms with Crippen molar-refractivity contribution in [2.75, 3.05) is 20.2 Å². The molecule has 0 radical (unpaired) electrons. The second-order valence-electron chi connectivity index (χ2n) is 15.5. The van der Waals surface area contributed by atoms with Gasteiger partial charge in [-0.3, -0.25) is 28.8 Å². The number of hydrogen-bond donors (Lipinski definition) is 3. The molecule has 6 atom stereocenters. The number of alkyl carbamates (subject to hydrolysis) is 1. The molecule has 18 heteroatoms. The highest BCUT2D eigenvalue weighted by Gasteiger charge is 2.62. The molecule has 1 unspecified atom stereocenters. The molecule has 5 aliphatic rings. The Bertz CT molecular complexity index is 1920. The van der Waals surface area contributed by atoms with E-state index in [1.165, 1.54) is 26.8 Å². The third-order valence-corrected chi connectivity index (χ3v) is 13.3. The van der Waals surface area contributed by atoms with Gasteiger partial charge in [-0.2, -0.15) is 0 Å². The lowest BCUT2D eigenvalue weighted by molar-refractivity contribution is -0.141. The van der Waals surface area contributed by atoms with E-state index in [0.717, 1.165) is 6.42 Å². The van der Waals surface area contributed by atoms with Crippen LogP contribution < -0.4 is 15.4 Å². The van der Waals surface area contributed by atoms with Gasteiger partial charge in [0, 0.05) is 37.5 Å². The number of carbonyl (C=O) groups excluding carboxylic acids is 6. The number of likely N-dealkylation sites (N-methyl/N-ethyl adjacent to an activating group) is 1. The van der Waals surface area contributed by atoms with Gasteiger partial charge in [0.1, 0.15) is 29.5 Å². The summed E-state index contributed by atoms with van der Waals surface area (Å²) in [5.41, 5.74) is -0.665. The summed E-state index contributed by atoms with van der Waals surface area (Å²) in [6.07, 6.45) is 5.26. The van der Waals surface area contributed by atoms with Gasteiger partial charge in [-0.25, -0.2) is 22.4 Å². The second kappa shape index (κ2) is 17.2. The third-order valence-electron chi connectivity index (χ3n) is 11.5. The van der Waals surface area contributed by atoms with Gasteiger partial charge in [0.15, 0.2) is 0 Å². The van der Waals surface area contributed by atoms with Crippen molar-refractivity contribution in [1.29, 1.82) is 0 Å². The average Bonchev–Trinajstić information content (AvgIpc) is 4.06. The number of hydrogen-bond acceptors (Lipinski definition) is 10. The summed E-state index contributed by atoms with van der Waals surface area (Å²) in [7, 11) is -2.38. The first kappa shape index (κ1) is 41.6. The van der Waals surface area contributed by atoms with Crippen LogP contribution in [-0.2, 0) is 51.8 Å². The minimum atomic E-state index is -3.99. The number of amides is 6. The van der Waals surface area contributed by atoms with Gasteiger partial charge in [0.2, 0.25) is 27.7 Å². The molecule has 0 bridgehead atoms. The number of allylic oxidation sites excluding steroid dienone is 1. The first-order valence-corrected chi connectivity index (χ1v) is 21.1. The Morgan fingerprint density at radius 1 is 1.12 bits per heavy atom.